The van der Waals surface area contributed by atoms with Gasteiger partial charge in [-0.3, -0.25) is 4.79 Å². The SMILES string of the molecule is C=C1C(=O)O[C@@H]2C=C(C)CCC=C(C(=O)NCCC)CC[C@H]12. The second-order valence-corrected chi connectivity index (χ2v) is 6.08. The van der Waals surface area contributed by atoms with Crippen LogP contribution in [0, 0.1) is 5.92 Å². The molecule has 1 aliphatic carbocycles. The Labute approximate surface area is 132 Å². The molecule has 0 saturated carbocycles. The van der Waals surface area contributed by atoms with E-state index in [0.29, 0.717) is 25.0 Å². The highest BCUT2D eigenvalue weighted by Crippen LogP contribution is 2.34. The Morgan fingerprint density at radius 2 is 2.23 bits per heavy atom. The number of carbonyl (C=O) groups is 2. The van der Waals surface area contributed by atoms with E-state index in [-0.39, 0.29) is 23.9 Å². The second-order valence-electron chi connectivity index (χ2n) is 6.08. The summed E-state index contributed by atoms with van der Waals surface area (Å²) in [5, 5.41) is 2.93. The molecule has 0 spiro atoms. The average molecular weight is 303 g/mol. The molecular weight excluding hydrogens is 278 g/mol. The van der Waals surface area contributed by atoms with Crippen LogP contribution in [0.4, 0.5) is 0 Å². The number of rotatable bonds is 3. The minimum absolute atomic E-state index is 0.0106. The molecule has 4 nitrogen and oxygen atoms in total. The average Bonchev–Trinajstić information content (AvgIpc) is 2.75. The van der Waals surface area contributed by atoms with Crippen molar-refractivity contribution < 1.29 is 14.3 Å². The zero-order valence-electron chi connectivity index (χ0n) is 13.5. The minimum atomic E-state index is -0.306. The molecule has 0 aromatic rings. The summed E-state index contributed by atoms with van der Waals surface area (Å²) in [7, 11) is 0. The Balaban J connectivity index is 2.15. The third-order valence-electron chi connectivity index (χ3n) is 4.28. The number of fused-ring (bicyclic) bond motifs is 1. The number of carbonyl (C=O) groups excluding carboxylic acids is 2. The molecule has 1 saturated heterocycles. The van der Waals surface area contributed by atoms with Crippen molar-refractivity contribution in [2.75, 3.05) is 6.54 Å². The lowest BCUT2D eigenvalue weighted by Gasteiger charge is -2.18. The van der Waals surface area contributed by atoms with Crippen LogP contribution in [0.15, 0.2) is 35.5 Å². The van der Waals surface area contributed by atoms with Gasteiger partial charge in [0.15, 0.2) is 0 Å². The molecule has 2 rings (SSSR count). The van der Waals surface area contributed by atoms with E-state index in [0.717, 1.165) is 24.8 Å². The fraction of sp³-hybridized carbons (Fsp3) is 0.556. The molecule has 4 heteroatoms. The van der Waals surface area contributed by atoms with Crippen LogP contribution in [0.5, 0.6) is 0 Å². The highest BCUT2D eigenvalue weighted by molar-refractivity contribution is 5.93. The summed E-state index contributed by atoms with van der Waals surface area (Å²) in [5.74, 6) is -0.321. The first-order valence-corrected chi connectivity index (χ1v) is 8.07. The van der Waals surface area contributed by atoms with Crippen molar-refractivity contribution in [3.05, 3.63) is 35.5 Å². The maximum Gasteiger partial charge on any atom is 0.334 e. The standard InChI is InChI=1S/C18H25NO3/c1-4-10-19-17(20)14-7-5-6-12(2)11-16-15(9-8-14)13(3)18(21)22-16/h7,11,15-16H,3-6,8-10H2,1-2H3,(H,19,20)/t15-,16-/m1/s1. The number of hydrogen-bond donors (Lipinski definition) is 1. The summed E-state index contributed by atoms with van der Waals surface area (Å²) >= 11 is 0. The predicted molar refractivity (Wildman–Crippen MR) is 86.1 cm³/mol. The van der Waals surface area contributed by atoms with Gasteiger partial charge in [0.05, 0.1) is 0 Å². The van der Waals surface area contributed by atoms with E-state index < -0.39 is 0 Å². The van der Waals surface area contributed by atoms with Gasteiger partial charge in [-0.15, -0.1) is 0 Å². The number of ether oxygens (including phenoxy) is 1. The van der Waals surface area contributed by atoms with E-state index >= 15 is 0 Å². The molecule has 0 radical (unpaired) electrons. The predicted octanol–water partition coefficient (Wildman–Crippen LogP) is 3.06. The number of hydrogen-bond acceptors (Lipinski definition) is 3. The van der Waals surface area contributed by atoms with Crippen molar-refractivity contribution in [2.24, 2.45) is 5.92 Å². The van der Waals surface area contributed by atoms with Crippen LogP contribution in [0.25, 0.3) is 0 Å². The van der Waals surface area contributed by atoms with E-state index in [4.69, 9.17) is 4.74 Å². The molecule has 1 heterocycles. The molecule has 2 atom stereocenters. The molecule has 2 aliphatic rings. The van der Waals surface area contributed by atoms with Crippen LogP contribution in [-0.4, -0.2) is 24.5 Å². The molecule has 0 bridgehead atoms. The molecule has 120 valence electrons. The fourth-order valence-corrected chi connectivity index (χ4v) is 2.93. The van der Waals surface area contributed by atoms with Crippen molar-refractivity contribution in [2.45, 2.75) is 52.1 Å². The first-order chi connectivity index (χ1) is 10.5. The van der Waals surface area contributed by atoms with Crippen LogP contribution >= 0.6 is 0 Å². The number of esters is 1. The summed E-state index contributed by atoms with van der Waals surface area (Å²) in [6.45, 7) is 8.63. The van der Waals surface area contributed by atoms with Gasteiger partial charge in [0, 0.05) is 23.6 Å². The Bertz CT molecular complexity index is 530. The van der Waals surface area contributed by atoms with E-state index in [1.807, 2.05) is 26.0 Å². The van der Waals surface area contributed by atoms with Gasteiger partial charge in [-0.1, -0.05) is 25.2 Å². The van der Waals surface area contributed by atoms with Gasteiger partial charge in [0.2, 0.25) is 5.91 Å². The normalized spacial score (nSPS) is 25.7. The molecule has 1 N–H and O–H groups in total. The van der Waals surface area contributed by atoms with Crippen molar-refractivity contribution in [1.82, 2.24) is 5.32 Å². The molecule has 1 amide bonds. The summed E-state index contributed by atoms with van der Waals surface area (Å²) in [5.41, 5.74) is 2.53. The summed E-state index contributed by atoms with van der Waals surface area (Å²) in [6, 6.07) is 0. The second kappa shape index (κ2) is 7.43. The highest BCUT2D eigenvalue weighted by atomic mass is 16.5. The smallest absolute Gasteiger partial charge is 0.334 e. The fourth-order valence-electron chi connectivity index (χ4n) is 2.93. The lowest BCUT2D eigenvalue weighted by atomic mass is 9.87. The molecule has 0 aromatic carbocycles. The third-order valence-corrected chi connectivity index (χ3v) is 4.28. The quantitative estimate of drug-likeness (QED) is 0.495. The third kappa shape index (κ3) is 3.87. The Morgan fingerprint density at radius 3 is 2.95 bits per heavy atom. The zero-order chi connectivity index (χ0) is 16.1. The largest absolute Gasteiger partial charge is 0.454 e. The van der Waals surface area contributed by atoms with E-state index in [1.165, 1.54) is 5.57 Å². The Hall–Kier alpha value is -1.84. The van der Waals surface area contributed by atoms with Crippen LogP contribution in [0.2, 0.25) is 0 Å². The highest BCUT2D eigenvalue weighted by Gasteiger charge is 2.37. The van der Waals surface area contributed by atoms with Gasteiger partial charge in [-0.2, -0.15) is 0 Å². The van der Waals surface area contributed by atoms with Crippen molar-refractivity contribution in [3.8, 4) is 0 Å². The zero-order valence-corrected chi connectivity index (χ0v) is 13.5. The summed E-state index contributed by atoms with van der Waals surface area (Å²) in [4.78, 5) is 24.0. The van der Waals surface area contributed by atoms with E-state index in [1.54, 1.807) is 0 Å². The van der Waals surface area contributed by atoms with Gasteiger partial charge < -0.3 is 10.1 Å². The lowest BCUT2D eigenvalue weighted by Crippen LogP contribution is -2.26. The maximum atomic E-state index is 12.2. The van der Waals surface area contributed by atoms with E-state index in [2.05, 4.69) is 11.9 Å². The number of amides is 1. The Kier molecular flexibility index (Phi) is 5.58. The van der Waals surface area contributed by atoms with Crippen molar-refractivity contribution >= 4 is 11.9 Å². The topological polar surface area (TPSA) is 55.4 Å². The van der Waals surface area contributed by atoms with Gasteiger partial charge in [-0.05, 0) is 45.1 Å². The van der Waals surface area contributed by atoms with Crippen molar-refractivity contribution in [1.29, 1.82) is 0 Å². The number of nitrogens with one attached hydrogen (secondary N) is 1. The van der Waals surface area contributed by atoms with Crippen LogP contribution in [-0.2, 0) is 14.3 Å². The molecule has 0 aromatic heterocycles. The van der Waals surface area contributed by atoms with Gasteiger partial charge in [0.1, 0.15) is 6.10 Å². The summed E-state index contributed by atoms with van der Waals surface area (Å²) < 4.78 is 5.41. The van der Waals surface area contributed by atoms with Crippen molar-refractivity contribution in [3.63, 3.8) is 0 Å². The molecule has 1 aliphatic heterocycles. The monoisotopic (exact) mass is 303 g/mol. The van der Waals surface area contributed by atoms with Gasteiger partial charge in [0.25, 0.3) is 0 Å². The summed E-state index contributed by atoms with van der Waals surface area (Å²) in [6.07, 6.45) is 7.84. The first-order valence-electron chi connectivity index (χ1n) is 8.07. The van der Waals surface area contributed by atoms with Gasteiger partial charge in [-0.25, -0.2) is 4.79 Å². The lowest BCUT2D eigenvalue weighted by molar-refractivity contribution is -0.137. The van der Waals surface area contributed by atoms with Crippen LogP contribution < -0.4 is 5.32 Å². The van der Waals surface area contributed by atoms with Gasteiger partial charge >= 0.3 is 5.97 Å². The molecule has 0 unspecified atom stereocenters. The molecule has 22 heavy (non-hydrogen) atoms. The number of allylic oxidation sites excluding steroid dienone is 2. The van der Waals surface area contributed by atoms with E-state index in [9.17, 15) is 9.59 Å². The maximum absolute atomic E-state index is 12.2. The molecular formula is C18H25NO3. The van der Waals surface area contributed by atoms with Crippen LogP contribution in [0.3, 0.4) is 0 Å². The molecule has 1 fully saturated rings. The minimum Gasteiger partial charge on any atom is -0.454 e. The van der Waals surface area contributed by atoms with Crippen LogP contribution in [0.1, 0.15) is 46.0 Å². The first kappa shape index (κ1) is 16.5. The Morgan fingerprint density at radius 1 is 1.45 bits per heavy atom.